The Morgan fingerprint density at radius 1 is 0.667 bits per heavy atom. The number of hydrogen-bond donors (Lipinski definition) is 0. The van der Waals surface area contributed by atoms with Gasteiger partial charge in [0.1, 0.15) is 12.4 Å². The third kappa shape index (κ3) is 11.5. The molecule has 1 rings (SSSR count). The van der Waals surface area contributed by atoms with E-state index in [1.807, 2.05) is 12.1 Å². The van der Waals surface area contributed by atoms with Crippen LogP contribution in [0.5, 0.6) is 5.75 Å². The molecule has 0 N–H and O–H groups in total. The SMILES string of the molecule is CC(C)(C)CCOCCOCCOc1ccc(CC(C)(C)C)cc1. The molecule has 0 fully saturated rings. The zero-order valence-electron chi connectivity index (χ0n) is 16.5. The molecule has 0 aliphatic rings. The van der Waals surface area contributed by atoms with Crippen LogP contribution in [-0.4, -0.2) is 33.0 Å². The molecule has 138 valence electrons. The van der Waals surface area contributed by atoms with Crippen molar-refractivity contribution < 1.29 is 14.2 Å². The zero-order valence-corrected chi connectivity index (χ0v) is 16.5. The molecule has 0 unspecified atom stereocenters. The molecule has 0 aromatic heterocycles. The van der Waals surface area contributed by atoms with Gasteiger partial charge in [-0.2, -0.15) is 0 Å². The van der Waals surface area contributed by atoms with Gasteiger partial charge in [-0.1, -0.05) is 53.7 Å². The minimum atomic E-state index is 0.311. The summed E-state index contributed by atoms with van der Waals surface area (Å²) in [6.07, 6.45) is 2.15. The molecular formula is C21H36O3. The Morgan fingerprint density at radius 3 is 1.75 bits per heavy atom. The molecule has 0 amide bonds. The van der Waals surface area contributed by atoms with E-state index in [0.29, 0.717) is 37.3 Å². The summed E-state index contributed by atoms with van der Waals surface area (Å²) in [5.74, 6) is 0.901. The van der Waals surface area contributed by atoms with Crippen molar-refractivity contribution in [3.8, 4) is 5.75 Å². The van der Waals surface area contributed by atoms with Crippen LogP contribution in [0.2, 0.25) is 0 Å². The first-order valence-electron chi connectivity index (χ1n) is 9.03. The highest BCUT2D eigenvalue weighted by atomic mass is 16.5. The fourth-order valence-corrected chi connectivity index (χ4v) is 2.23. The van der Waals surface area contributed by atoms with Crippen molar-refractivity contribution in [3.63, 3.8) is 0 Å². The predicted molar refractivity (Wildman–Crippen MR) is 101 cm³/mol. The number of ether oxygens (including phenoxy) is 3. The number of benzene rings is 1. The smallest absolute Gasteiger partial charge is 0.119 e. The summed E-state index contributed by atoms with van der Waals surface area (Å²) < 4.78 is 16.8. The Balaban J connectivity index is 2.05. The molecule has 0 spiro atoms. The van der Waals surface area contributed by atoms with E-state index in [2.05, 4.69) is 53.7 Å². The Bertz CT molecular complexity index is 438. The molecule has 0 radical (unpaired) electrons. The van der Waals surface area contributed by atoms with Crippen molar-refractivity contribution in [2.45, 2.75) is 54.4 Å². The van der Waals surface area contributed by atoms with Gasteiger partial charge in [0.05, 0.1) is 19.8 Å². The molecule has 0 bridgehead atoms. The highest BCUT2D eigenvalue weighted by Gasteiger charge is 2.11. The minimum absolute atomic E-state index is 0.311. The van der Waals surface area contributed by atoms with Crippen LogP contribution in [0.3, 0.4) is 0 Å². The summed E-state index contributed by atoms with van der Waals surface area (Å²) in [4.78, 5) is 0. The van der Waals surface area contributed by atoms with E-state index in [1.165, 1.54) is 5.56 Å². The van der Waals surface area contributed by atoms with Gasteiger partial charge >= 0.3 is 0 Å². The monoisotopic (exact) mass is 336 g/mol. The van der Waals surface area contributed by atoms with E-state index in [-0.39, 0.29) is 0 Å². The molecule has 0 aliphatic heterocycles. The van der Waals surface area contributed by atoms with Gasteiger partial charge in [-0.3, -0.25) is 0 Å². The summed E-state index contributed by atoms with van der Waals surface area (Å²) in [5, 5.41) is 0. The van der Waals surface area contributed by atoms with E-state index in [9.17, 15) is 0 Å². The van der Waals surface area contributed by atoms with Crippen LogP contribution < -0.4 is 4.74 Å². The third-order valence-electron chi connectivity index (χ3n) is 3.52. The van der Waals surface area contributed by atoms with Crippen LogP contribution in [-0.2, 0) is 15.9 Å². The summed E-state index contributed by atoms with van der Waals surface area (Å²) >= 11 is 0. The first-order valence-corrected chi connectivity index (χ1v) is 9.03. The van der Waals surface area contributed by atoms with Crippen LogP contribution in [0, 0.1) is 10.8 Å². The summed E-state index contributed by atoms with van der Waals surface area (Å²) in [6, 6.07) is 8.36. The van der Waals surface area contributed by atoms with E-state index in [0.717, 1.165) is 25.2 Å². The van der Waals surface area contributed by atoms with Gasteiger partial charge in [0.15, 0.2) is 0 Å². The lowest BCUT2D eigenvalue weighted by Gasteiger charge is -2.18. The largest absolute Gasteiger partial charge is 0.491 e. The lowest BCUT2D eigenvalue weighted by Crippen LogP contribution is -2.14. The van der Waals surface area contributed by atoms with Gasteiger partial charge in [0, 0.05) is 6.61 Å². The van der Waals surface area contributed by atoms with Crippen LogP contribution >= 0.6 is 0 Å². The molecule has 24 heavy (non-hydrogen) atoms. The number of rotatable bonds is 10. The average Bonchev–Trinajstić information content (AvgIpc) is 2.44. The van der Waals surface area contributed by atoms with Crippen LogP contribution in [0.4, 0.5) is 0 Å². The second-order valence-corrected chi connectivity index (χ2v) is 8.77. The van der Waals surface area contributed by atoms with E-state index >= 15 is 0 Å². The number of hydrogen-bond acceptors (Lipinski definition) is 3. The molecular weight excluding hydrogens is 300 g/mol. The fourth-order valence-electron chi connectivity index (χ4n) is 2.23. The maximum atomic E-state index is 5.70. The van der Waals surface area contributed by atoms with E-state index < -0.39 is 0 Å². The van der Waals surface area contributed by atoms with Crippen molar-refractivity contribution in [2.75, 3.05) is 33.0 Å². The quantitative estimate of drug-likeness (QED) is 0.555. The standard InChI is InChI=1S/C21H36O3/c1-20(2,3)11-12-22-13-14-23-15-16-24-19-9-7-18(8-10-19)17-21(4,5)6/h7-10H,11-17H2,1-6H3. The maximum Gasteiger partial charge on any atom is 0.119 e. The van der Waals surface area contributed by atoms with Gasteiger partial charge < -0.3 is 14.2 Å². The summed E-state index contributed by atoms with van der Waals surface area (Å²) in [6.45, 7) is 16.7. The molecule has 1 aromatic rings. The first-order chi connectivity index (χ1) is 11.2. The van der Waals surface area contributed by atoms with Gasteiger partial charge in [-0.15, -0.1) is 0 Å². The van der Waals surface area contributed by atoms with Crippen LogP contribution in [0.15, 0.2) is 24.3 Å². The van der Waals surface area contributed by atoms with Crippen molar-refractivity contribution in [2.24, 2.45) is 10.8 Å². The second kappa shape index (κ2) is 10.0. The molecule has 1 aromatic carbocycles. The molecule has 0 atom stereocenters. The highest BCUT2D eigenvalue weighted by molar-refractivity contribution is 5.27. The third-order valence-corrected chi connectivity index (χ3v) is 3.52. The van der Waals surface area contributed by atoms with Gasteiger partial charge in [-0.25, -0.2) is 0 Å². The summed E-state index contributed by atoms with van der Waals surface area (Å²) in [5.41, 5.74) is 1.99. The Kier molecular flexibility index (Phi) is 8.79. The zero-order chi connectivity index (χ0) is 18.1. The minimum Gasteiger partial charge on any atom is -0.491 e. The highest BCUT2D eigenvalue weighted by Crippen LogP contribution is 2.22. The van der Waals surface area contributed by atoms with E-state index in [4.69, 9.17) is 14.2 Å². The predicted octanol–water partition coefficient (Wildman–Crippen LogP) is 5.12. The maximum absolute atomic E-state index is 5.70. The Labute approximate surface area is 148 Å². The van der Waals surface area contributed by atoms with Crippen molar-refractivity contribution >= 4 is 0 Å². The first kappa shape index (κ1) is 21.0. The molecule has 0 heterocycles. The average molecular weight is 337 g/mol. The summed E-state index contributed by atoms with van der Waals surface area (Å²) in [7, 11) is 0. The lowest BCUT2D eigenvalue weighted by atomic mass is 9.88. The lowest BCUT2D eigenvalue weighted by molar-refractivity contribution is 0.0292. The van der Waals surface area contributed by atoms with Crippen molar-refractivity contribution in [1.29, 1.82) is 0 Å². The topological polar surface area (TPSA) is 27.7 Å². The van der Waals surface area contributed by atoms with Crippen molar-refractivity contribution in [1.82, 2.24) is 0 Å². The molecule has 0 aliphatic carbocycles. The Morgan fingerprint density at radius 2 is 1.21 bits per heavy atom. The second-order valence-electron chi connectivity index (χ2n) is 8.77. The van der Waals surface area contributed by atoms with Gasteiger partial charge in [0.2, 0.25) is 0 Å². The van der Waals surface area contributed by atoms with Crippen LogP contribution in [0.25, 0.3) is 0 Å². The van der Waals surface area contributed by atoms with E-state index in [1.54, 1.807) is 0 Å². The molecule has 0 saturated heterocycles. The van der Waals surface area contributed by atoms with Crippen molar-refractivity contribution in [3.05, 3.63) is 29.8 Å². The molecule has 3 nitrogen and oxygen atoms in total. The Hall–Kier alpha value is -1.06. The van der Waals surface area contributed by atoms with Gasteiger partial charge in [-0.05, 0) is 41.4 Å². The fraction of sp³-hybridized carbons (Fsp3) is 0.714. The van der Waals surface area contributed by atoms with Gasteiger partial charge in [0.25, 0.3) is 0 Å². The molecule has 0 saturated carbocycles. The van der Waals surface area contributed by atoms with Crippen LogP contribution in [0.1, 0.15) is 53.5 Å². The molecule has 3 heteroatoms. The normalized spacial score (nSPS) is 12.4.